The summed E-state index contributed by atoms with van der Waals surface area (Å²) in [6.07, 6.45) is 2.49. The SMILES string of the molecule is O=C(CN1CCCC1=O)N1CC[NH+](Cc2ccc3c(c2)CCO3)CC1. The number of carbonyl (C=O) groups excluding carboxylic acids is 2. The second-order valence-corrected chi connectivity index (χ2v) is 7.27. The van der Waals surface area contributed by atoms with Crippen molar-refractivity contribution in [1.82, 2.24) is 9.80 Å². The summed E-state index contributed by atoms with van der Waals surface area (Å²) < 4.78 is 5.57. The number of hydrogen-bond acceptors (Lipinski definition) is 3. The number of rotatable bonds is 4. The van der Waals surface area contributed by atoms with Crippen molar-refractivity contribution in [3.63, 3.8) is 0 Å². The highest BCUT2D eigenvalue weighted by Crippen LogP contribution is 2.25. The molecule has 0 aromatic heterocycles. The van der Waals surface area contributed by atoms with E-state index in [-0.39, 0.29) is 18.4 Å². The van der Waals surface area contributed by atoms with Crippen LogP contribution in [-0.2, 0) is 22.6 Å². The molecule has 3 heterocycles. The molecule has 6 nitrogen and oxygen atoms in total. The number of amides is 2. The number of piperazine rings is 1. The number of hydrogen-bond donors (Lipinski definition) is 1. The Kier molecular flexibility index (Phi) is 4.61. The van der Waals surface area contributed by atoms with Gasteiger partial charge in [-0.2, -0.15) is 0 Å². The van der Waals surface area contributed by atoms with Gasteiger partial charge in [0.25, 0.3) is 0 Å². The molecule has 3 aliphatic rings. The van der Waals surface area contributed by atoms with Crippen LogP contribution in [0.15, 0.2) is 18.2 Å². The standard InChI is InChI=1S/C19H25N3O3/c23-18-2-1-6-22(18)14-19(24)21-9-7-20(8-10-21)13-15-3-4-17-16(12-15)5-11-25-17/h3-4,12H,1-2,5-11,13-14H2/p+1. The Morgan fingerprint density at radius 3 is 2.76 bits per heavy atom. The molecule has 1 aromatic rings. The second-order valence-electron chi connectivity index (χ2n) is 7.27. The minimum atomic E-state index is 0.101. The summed E-state index contributed by atoms with van der Waals surface area (Å²) in [5, 5.41) is 0. The van der Waals surface area contributed by atoms with Crippen molar-refractivity contribution in [3.05, 3.63) is 29.3 Å². The summed E-state index contributed by atoms with van der Waals surface area (Å²) >= 11 is 0. The van der Waals surface area contributed by atoms with Crippen LogP contribution in [0.5, 0.6) is 5.75 Å². The van der Waals surface area contributed by atoms with E-state index >= 15 is 0 Å². The predicted molar refractivity (Wildman–Crippen MR) is 92.4 cm³/mol. The third-order valence-corrected chi connectivity index (χ3v) is 5.53. The van der Waals surface area contributed by atoms with Gasteiger partial charge in [0.05, 0.1) is 39.3 Å². The minimum absolute atomic E-state index is 0.101. The van der Waals surface area contributed by atoms with Gasteiger partial charge in [-0.1, -0.05) is 0 Å². The summed E-state index contributed by atoms with van der Waals surface area (Å²) in [7, 11) is 0. The molecule has 0 atom stereocenters. The molecule has 1 aromatic carbocycles. The van der Waals surface area contributed by atoms with Crippen molar-refractivity contribution in [2.24, 2.45) is 0 Å². The van der Waals surface area contributed by atoms with Crippen LogP contribution in [0.2, 0.25) is 0 Å². The topological polar surface area (TPSA) is 54.3 Å². The van der Waals surface area contributed by atoms with E-state index in [0.29, 0.717) is 6.42 Å². The molecule has 1 N–H and O–H groups in total. The molecule has 4 rings (SSSR count). The molecule has 0 aliphatic carbocycles. The maximum Gasteiger partial charge on any atom is 0.242 e. The molecule has 3 aliphatic heterocycles. The Balaban J connectivity index is 1.26. The largest absolute Gasteiger partial charge is 0.493 e. The third-order valence-electron chi connectivity index (χ3n) is 5.53. The van der Waals surface area contributed by atoms with E-state index < -0.39 is 0 Å². The van der Waals surface area contributed by atoms with Gasteiger partial charge < -0.3 is 19.4 Å². The van der Waals surface area contributed by atoms with Crippen LogP contribution in [0.3, 0.4) is 0 Å². The molecule has 6 heteroatoms. The quantitative estimate of drug-likeness (QED) is 0.799. The molecular formula is C19H26N3O3+. The van der Waals surface area contributed by atoms with Crippen molar-refractivity contribution in [1.29, 1.82) is 0 Å². The van der Waals surface area contributed by atoms with Crippen molar-refractivity contribution in [2.45, 2.75) is 25.8 Å². The van der Waals surface area contributed by atoms with E-state index in [2.05, 4.69) is 18.2 Å². The third kappa shape index (κ3) is 3.63. The number of ether oxygens (including phenoxy) is 1. The van der Waals surface area contributed by atoms with E-state index in [9.17, 15) is 9.59 Å². The fraction of sp³-hybridized carbons (Fsp3) is 0.579. The van der Waals surface area contributed by atoms with E-state index in [1.54, 1.807) is 4.90 Å². The van der Waals surface area contributed by atoms with Gasteiger partial charge in [0, 0.05) is 24.9 Å². The number of nitrogens with one attached hydrogen (secondary N) is 1. The number of nitrogens with zero attached hydrogens (tertiary/aromatic N) is 2. The molecule has 134 valence electrons. The molecule has 0 radical (unpaired) electrons. The number of carbonyl (C=O) groups is 2. The summed E-state index contributed by atoms with van der Waals surface area (Å²) in [4.78, 5) is 29.2. The number of likely N-dealkylation sites (tertiary alicyclic amines) is 1. The lowest BCUT2D eigenvalue weighted by atomic mass is 10.1. The van der Waals surface area contributed by atoms with E-state index in [0.717, 1.165) is 64.5 Å². The van der Waals surface area contributed by atoms with Crippen LogP contribution in [0.25, 0.3) is 0 Å². The molecule has 0 unspecified atom stereocenters. The molecule has 2 saturated heterocycles. The molecule has 0 bridgehead atoms. The van der Waals surface area contributed by atoms with E-state index in [1.807, 2.05) is 4.90 Å². The Morgan fingerprint density at radius 1 is 1.16 bits per heavy atom. The van der Waals surface area contributed by atoms with Crippen molar-refractivity contribution in [2.75, 3.05) is 45.9 Å². The highest BCUT2D eigenvalue weighted by Gasteiger charge is 2.28. The van der Waals surface area contributed by atoms with Crippen molar-refractivity contribution < 1.29 is 19.2 Å². The molecule has 25 heavy (non-hydrogen) atoms. The molecule has 0 spiro atoms. The monoisotopic (exact) mass is 344 g/mol. The first-order valence-electron chi connectivity index (χ1n) is 9.33. The summed E-state index contributed by atoms with van der Waals surface area (Å²) in [6.45, 7) is 6.29. The van der Waals surface area contributed by atoms with E-state index in [4.69, 9.17) is 4.74 Å². The van der Waals surface area contributed by atoms with Gasteiger partial charge >= 0.3 is 0 Å². The first kappa shape index (κ1) is 16.4. The lowest BCUT2D eigenvalue weighted by Crippen LogP contribution is -3.13. The van der Waals surface area contributed by atoms with Gasteiger partial charge in [0.15, 0.2) is 0 Å². The molecule has 2 amide bonds. The average molecular weight is 344 g/mol. The Hall–Kier alpha value is -2.08. The van der Waals surface area contributed by atoms with Gasteiger partial charge in [-0.15, -0.1) is 0 Å². The second kappa shape index (κ2) is 7.04. The van der Waals surface area contributed by atoms with Gasteiger partial charge in [-0.25, -0.2) is 0 Å². The Bertz CT molecular complexity index is 668. The smallest absolute Gasteiger partial charge is 0.242 e. The predicted octanol–water partition coefficient (Wildman–Crippen LogP) is -0.529. The zero-order valence-electron chi connectivity index (χ0n) is 14.6. The van der Waals surface area contributed by atoms with Crippen LogP contribution >= 0.6 is 0 Å². The van der Waals surface area contributed by atoms with Gasteiger partial charge in [0.2, 0.25) is 11.8 Å². The highest BCUT2D eigenvalue weighted by molar-refractivity contribution is 5.85. The lowest BCUT2D eigenvalue weighted by Gasteiger charge is -2.33. The van der Waals surface area contributed by atoms with Crippen LogP contribution in [-0.4, -0.2) is 67.5 Å². The normalized spacial score (nSPS) is 20.7. The van der Waals surface area contributed by atoms with E-state index in [1.165, 1.54) is 16.0 Å². The van der Waals surface area contributed by atoms with Crippen LogP contribution in [0.4, 0.5) is 0 Å². The molecule has 2 fully saturated rings. The first-order valence-corrected chi connectivity index (χ1v) is 9.33. The average Bonchev–Trinajstić information content (AvgIpc) is 3.24. The van der Waals surface area contributed by atoms with Gasteiger partial charge in [-0.05, 0) is 30.2 Å². The summed E-state index contributed by atoms with van der Waals surface area (Å²) in [5.74, 6) is 1.26. The van der Waals surface area contributed by atoms with Gasteiger partial charge in [-0.3, -0.25) is 9.59 Å². The number of benzene rings is 1. The zero-order valence-corrected chi connectivity index (χ0v) is 14.6. The highest BCUT2D eigenvalue weighted by atomic mass is 16.5. The van der Waals surface area contributed by atoms with Gasteiger partial charge in [0.1, 0.15) is 12.3 Å². The fourth-order valence-electron chi connectivity index (χ4n) is 4.02. The van der Waals surface area contributed by atoms with Crippen LogP contribution < -0.4 is 9.64 Å². The summed E-state index contributed by atoms with van der Waals surface area (Å²) in [5.41, 5.74) is 2.67. The Morgan fingerprint density at radius 2 is 2.00 bits per heavy atom. The minimum Gasteiger partial charge on any atom is -0.493 e. The summed E-state index contributed by atoms with van der Waals surface area (Å²) in [6, 6.07) is 6.52. The van der Waals surface area contributed by atoms with Crippen molar-refractivity contribution in [3.8, 4) is 5.75 Å². The zero-order chi connectivity index (χ0) is 17.2. The Labute approximate surface area is 148 Å². The fourth-order valence-corrected chi connectivity index (χ4v) is 4.02. The lowest BCUT2D eigenvalue weighted by molar-refractivity contribution is -0.917. The number of quaternary nitrogens is 1. The molecular weight excluding hydrogens is 318 g/mol. The van der Waals surface area contributed by atoms with Crippen LogP contribution in [0.1, 0.15) is 24.0 Å². The maximum absolute atomic E-state index is 12.4. The van der Waals surface area contributed by atoms with Crippen LogP contribution in [0, 0.1) is 0 Å². The first-order chi connectivity index (χ1) is 12.2. The van der Waals surface area contributed by atoms with Crippen molar-refractivity contribution >= 4 is 11.8 Å². The molecule has 0 saturated carbocycles. The maximum atomic E-state index is 12.4. The number of fused-ring (bicyclic) bond motifs is 1.